The van der Waals surface area contributed by atoms with Crippen molar-refractivity contribution >= 4 is 23.2 Å². The number of carbonyl (C=O) groups excluding carboxylic acids is 2. The van der Waals surface area contributed by atoms with Crippen molar-refractivity contribution in [1.29, 1.82) is 0 Å². The molecule has 0 aliphatic rings. The summed E-state index contributed by atoms with van der Waals surface area (Å²) in [6.45, 7) is 6.35. The first-order valence-electron chi connectivity index (χ1n) is 8.64. The molecule has 0 aliphatic carbocycles. The number of amides is 2. The van der Waals surface area contributed by atoms with E-state index in [0.29, 0.717) is 0 Å². The average Bonchev–Trinajstić information content (AvgIpc) is 2.54. The highest BCUT2D eigenvalue weighted by Crippen LogP contribution is 2.13. The quantitative estimate of drug-likeness (QED) is 0.442. The van der Waals surface area contributed by atoms with Gasteiger partial charge in [-0.25, -0.2) is 0 Å². The summed E-state index contributed by atoms with van der Waals surface area (Å²) in [6, 6.07) is 8.25. The van der Waals surface area contributed by atoms with E-state index in [-0.39, 0.29) is 11.8 Å². The molecule has 6 heteroatoms. The number of rotatable bonds is 12. The Kier molecular flexibility index (Phi) is 10.1. The van der Waals surface area contributed by atoms with Crippen molar-refractivity contribution in [2.24, 2.45) is 0 Å². The molecule has 1 aromatic carbocycles. The lowest BCUT2D eigenvalue weighted by molar-refractivity contribution is -0.119. The van der Waals surface area contributed by atoms with Crippen molar-refractivity contribution in [3.05, 3.63) is 24.3 Å². The van der Waals surface area contributed by atoms with Crippen molar-refractivity contribution in [3.63, 3.8) is 0 Å². The van der Waals surface area contributed by atoms with Gasteiger partial charge in [-0.3, -0.25) is 9.59 Å². The van der Waals surface area contributed by atoms with E-state index in [1.807, 2.05) is 0 Å². The Labute approximate surface area is 144 Å². The molecule has 2 amide bonds. The van der Waals surface area contributed by atoms with Crippen LogP contribution in [0.5, 0.6) is 0 Å². The van der Waals surface area contributed by atoms with Gasteiger partial charge >= 0.3 is 0 Å². The summed E-state index contributed by atoms with van der Waals surface area (Å²) in [5, 5.41) is 12.3. The van der Waals surface area contributed by atoms with Crippen molar-refractivity contribution in [2.75, 3.05) is 36.8 Å². The van der Waals surface area contributed by atoms with Crippen LogP contribution < -0.4 is 21.3 Å². The Morgan fingerprint density at radius 2 is 1.00 bits per heavy atom. The zero-order valence-corrected chi connectivity index (χ0v) is 14.8. The molecule has 6 nitrogen and oxygen atoms in total. The molecule has 0 aliphatic heterocycles. The van der Waals surface area contributed by atoms with Crippen LogP contribution in [0.4, 0.5) is 11.4 Å². The van der Waals surface area contributed by atoms with Crippen LogP contribution in [0.2, 0.25) is 0 Å². The molecule has 0 saturated carbocycles. The predicted octanol–water partition coefficient (Wildman–Crippen LogP) is 2.34. The lowest BCUT2D eigenvalue weighted by atomic mass is 10.2. The molecule has 0 spiro atoms. The molecule has 0 bridgehead atoms. The Hall–Kier alpha value is -2.24. The van der Waals surface area contributed by atoms with Crippen molar-refractivity contribution in [1.82, 2.24) is 10.6 Å². The lowest BCUT2D eigenvalue weighted by Crippen LogP contribution is -2.21. The van der Waals surface area contributed by atoms with E-state index < -0.39 is 0 Å². The number of unbranched alkanes of at least 4 members (excludes halogenated alkanes) is 2. The fourth-order valence-electron chi connectivity index (χ4n) is 2.20. The first-order valence-corrected chi connectivity index (χ1v) is 8.64. The normalized spacial score (nSPS) is 10.1. The summed E-state index contributed by atoms with van der Waals surface area (Å²) in [7, 11) is 0. The molecular weight excluding hydrogens is 304 g/mol. The Morgan fingerprint density at radius 1 is 0.667 bits per heavy atom. The molecule has 134 valence electrons. The lowest BCUT2D eigenvalue weighted by Gasteiger charge is -2.09. The average molecular weight is 334 g/mol. The summed E-state index contributed by atoms with van der Waals surface area (Å²) in [6.07, 6.45) is 4.00. The van der Waals surface area contributed by atoms with Gasteiger partial charge in [-0.15, -0.1) is 0 Å². The molecule has 24 heavy (non-hydrogen) atoms. The van der Waals surface area contributed by atoms with Crippen LogP contribution in [0.3, 0.4) is 0 Å². The molecule has 0 fully saturated rings. The third-order valence-electron chi connectivity index (χ3n) is 3.50. The van der Waals surface area contributed by atoms with Crippen molar-refractivity contribution < 1.29 is 9.59 Å². The first-order chi connectivity index (χ1) is 11.6. The van der Waals surface area contributed by atoms with Gasteiger partial charge in [0, 0.05) is 51.4 Å². The fraction of sp³-hybridized carbons (Fsp3) is 0.556. The SMILES string of the molecule is CC(=O)NCCCCNc1ccc(NCCCCNC(C)=O)cc1. The zero-order chi connectivity index (χ0) is 17.6. The molecular formula is C18H30N4O2. The highest BCUT2D eigenvalue weighted by Gasteiger charge is 1.96. The minimum absolute atomic E-state index is 0.0289. The number of hydrogen-bond donors (Lipinski definition) is 4. The largest absolute Gasteiger partial charge is 0.385 e. The summed E-state index contributed by atoms with van der Waals surface area (Å²) in [4.78, 5) is 21.5. The molecule has 0 unspecified atom stereocenters. The van der Waals surface area contributed by atoms with Crippen LogP contribution in [-0.2, 0) is 9.59 Å². The van der Waals surface area contributed by atoms with Gasteiger partial charge in [0.15, 0.2) is 0 Å². The van der Waals surface area contributed by atoms with Crippen molar-refractivity contribution in [3.8, 4) is 0 Å². The maximum absolute atomic E-state index is 10.7. The second kappa shape index (κ2) is 12.2. The van der Waals surface area contributed by atoms with E-state index in [1.54, 1.807) is 0 Å². The third kappa shape index (κ3) is 10.5. The second-order valence-electron chi connectivity index (χ2n) is 5.81. The van der Waals surface area contributed by atoms with Crippen LogP contribution in [0.25, 0.3) is 0 Å². The molecule has 4 N–H and O–H groups in total. The third-order valence-corrected chi connectivity index (χ3v) is 3.50. The maximum Gasteiger partial charge on any atom is 0.216 e. The van der Waals surface area contributed by atoms with Crippen LogP contribution in [0.1, 0.15) is 39.5 Å². The molecule has 0 aromatic heterocycles. The van der Waals surface area contributed by atoms with Crippen LogP contribution in [-0.4, -0.2) is 38.0 Å². The number of anilines is 2. The van der Waals surface area contributed by atoms with E-state index in [2.05, 4.69) is 45.5 Å². The summed E-state index contributed by atoms with van der Waals surface area (Å²) >= 11 is 0. The van der Waals surface area contributed by atoms with E-state index in [0.717, 1.165) is 63.2 Å². The van der Waals surface area contributed by atoms with Gasteiger partial charge in [0.2, 0.25) is 11.8 Å². The van der Waals surface area contributed by atoms with Gasteiger partial charge in [-0.2, -0.15) is 0 Å². The Morgan fingerprint density at radius 3 is 1.33 bits per heavy atom. The number of benzene rings is 1. The number of carbonyl (C=O) groups is 2. The predicted molar refractivity (Wildman–Crippen MR) is 99.3 cm³/mol. The van der Waals surface area contributed by atoms with E-state index in [4.69, 9.17) is 0 Å². The first kappa shape index (κ1) is 19.8. The fourth-order valence-corrected chi connectivity index (χ4v) is 2.20. The molecule has 1 aromatic rings. The van der Waals surface area contributed by atoms with E-state index in [1.165, 1.54) is 13.8 Å². The molecule has 0 radical (unpaired) electrons. The molecule has 0 atom stereocenters. The highest BCUT2D eigenvalue weighted by atomic mass is 16.1. The van der Waals surface area contributed by atoms with Gasteiger partial charge in [-0.05, 0) is 49.9 Å². The number of hydrogen-bond acceptors (Lipinski definition) is 4. The van der Waals surface area contributed by atoms with Crippen molar-refractivity contribution in [2.45, 2.75) is 39.5 Å². The standard InChI is InChI=1S/C18H30N4O2/c1-15(23)19-11-3-5-13-21-17-7-9-18(10-8-17)22-14-6-4-12-20-16(2)24/h7-10,21-22H,3-6,11-14H2,1-2H3,(H,19,23)(H,20,24). The summed E-state index contributed by atoms with van der Waals surface area (Å²) < 4.78 is 0. The van der Waals surface area contributed by atoms with Gasteiger partial charge in [0.1, 0.15) is 0 Å². The van der Waals surface area contributed by atoms with Crippen LogP contribution in [0.15, 0.2) is 24.3 Å². The smallest absolute Gasteiger partial charge is 0.216 e. The topological polar surface area (TPSA) is 82.3 Å². The maximum atomic E-state index is 10.7. The van der Waals surface area contributed by atoms with E-state index in [9.17, 15) is 9.59 Å². The van der Waals surface area contributed by atoms with E-state index >= 15 is 0 Å². The number of nitrogens with one attached hydrogen (secondary N) is 4. The van der Waals surface area contributed by atoms with Gasteiger partial charge in [0.05, 0.1) is 0 Å². The van der Waals surface area contributed by atoms with Crippen LogP contribution >= 0.6 is 0 Å². The molecule has 0 saturated heterocycles. The summed E-state index contributed by atoms with van der Waals surface area (Å²) in [5.41, 5.74) is 2.21. The Bertz CT molecular complexity index is 443. The second-order valence-corrected chi connectivity index (χ2v) is 5.81. The van der Waals surface area contributed by atoms with Gasteiger partial charge in [0.25, 0.3) is 0 Å². The molecule has 0 heterocycles. The van der Waals surface area contributed by atoms with Gasteiger partial charge < -0.3 is 21.3 Å². The van der Waals surface area contributed by atoms with Gasteiger partial charge in [-0.1, -0.05) is 0 Å². The van der Waals surface area contributed by atoms with Crippen LogP contribution in [0, 0.1) is 0 Å². The monoisotopic (exact) mass is 334 g/mol. The minimum atomic E-state index is 0.0289. The molecule has 1 rings (SSSR count). The Balaban J connectivity index is 2.08. The highest BCUT2D eigenvalue weighted by molar-refractivity contribution is 5.73. The minimum Gasteiger partial charge on any atom is -0.385 e. The summed E-state index contributed by atoms with van der Waals surface area (Å²) in [5.74, 6) is 0.0577. The zero-order valence-electron chi connectivity index (χ0n) is 14.8.